The fraction of sp³-hybridized carbons (Fsp3) is 0.0588. The molecule has 0 aliphatic heterocycles. The normalized spacial score (nSPS) is 10.5. The fourth-order valence-corrected chi connectivity index (χ4v) is 3.26. The third-order valence-electron chi connectivity index (χ3n) is 3.34. The number of anilines is 2. The minimum atomic E-state index is 0.464. The zero-order chi connectivity index (χ0) is 17.8. The predicted octanol–water partition coefficient (Wildman–Crippen LogP) is 5.92. The number of benzene rings is 2. The zero-order valence-electron chi connectivity index (χ0n) is 12.8. The minimum absolute atomic E-state index is 0.464. The minimum Gasteiger partial charge on any atom is -0.332 e. The second kappa shape index (κ2) is 8.31. The quantitative estimate of drug-likeness (QED) is 0.437. The van der Waals surface area contributed by atoms with E-state index in [0.29, 0.717) is 17.5 Å². The van der Waals surface area contributed by atoms with Crippen molar-refractivity contribution in [3.05, 3.63) is 74.3 Å². The van der Waals surface area contributed by atoms with Crippen LogP contribution in [-0.2, 0) is 6.54 Å². The molecule has 1 aromatic heterocycles. The molecule has 0 saturated carbocycles. The molecule has 0 aliphatic rings. The number of rotatable bonds is 4. The number of nitrogens with one attached hydrogen (secondary N) is 2. The molecule has 8 heteroatoms. The number of halogens is 3. The molecule has 0 amide bonds. The van der Waals surface area contributed by atoms with Crippen molar-refractivity contribution < 1.29 is 0 Å². The molecule has 0 aliphatic carbocycles. The molecule has 0 saturated heterocycles. The van der Waals surface area contributed by atoms with Crippen LogP contribution in [0.5, 0.6) is 0 Å². The summed E-state index contributed by atoms with van der Waals surface area (Å²) in [5, 5.41) is 11.9. The van der Waals surface area contributed by atoms with Crippen molar-refractivity contribution in [1.29, 1.82) is 0 Å². The molecular weight excluding hydrogens is 488 g/mol. The van der Waals surface area contributed by atoms with Gasteiger partial charge in [0.2, 0.25) is 0 Å². The molecule has 25 heavy (non-hydrogen) atoms. The van der Waals surface area contributed by atoms with E-state index in [4.69, 9.17) is 23.8 Å². The lowest BCUT2D eigenvalue weighted by molar-refractivity contribution is 0.690. The van der Waals surface area contributed by atoms with Crippen LogP contribution in [0.1, 0.15) is 5.56 Å². The van der Waals surface area contributed by atoms with Gasteiger partial charge in [0.1, 0.15) is 0 Å². The van der Waals surface area contributed by atoms with E-state index in [1.165, 1.54) is 0 Å². The summed E-state index contributed by atoms with van der Waals surface area (Å²) >= 11 is 18.5. The standard InChI is InChI=1S/C17H13Br2ClN4S/c18-12-5-7-13(8-6-12)21-17(25)22-16-14(19)10-24(23-16)9-11-3-1-2-4-15(11)20/h1-8,10H,9H2,(H2,21,22,23,25). The van der Waals surface area contributed by atoms with Crippen LogP contribution in [0.25, 0.3) is 0 Å². The first kappa shape index (κ1) is 18.4. The first-order valence-electron chi connectivity index (χ1n) is 7.31. The van der Waals surface area contributed by atoms with Crippen LogP contribution in [0.3, 0.4) is 0 Å². The molecule has 2 N–H and O–H groups in total. The van der Waals surface area contributed by atoms with Crippen LogP contribution >= 0.6 is 55.7 Å². The number of hydrogen-bond acceptors (Lipinski definition) is 2. The summed E-state index contributed by atoms with van der Waals surface area (Å²) < 4.78 is 3.63. The van der Waals surface area contributed by atoms with Crippen LogP contribution in [0.4, 0.5) is 11.5 Å². The highest BCUT2D eigenvalue weighted by molar-refractivity contribution is 9.10. The van der Waals surface area contributed by atoms with E-state index in [2.05, 4.69) is 47.6 Å². The molecule has 2 aromatic carbocycles. The molecule has 4 nitrogen and oxygen atoms in total. The lowest BCUT2D eigenvalue weighted by Gasteiger charge is -2.09. The molecule has 3 rings (SSSR count). The van der Waals surface area contributed by atoms with E-state index in [9.17, 15) is 0 Å². The Morgan fingerprint density at radius 1 is 1.08 bits per heavy atom. The van der Waals surface area contributed by atoms with E-state index in [0.717, 1.165) is 25.2 Å². The molecular formula is C17H13Br2ClN4S. The van der Waals surface area contributed by atoms with Crippen LogP contribution in [0, 0.1) is 0 Å². The third kappa shape index (κ3) is 5.04. The van der Waals surface area contributed by atoms with Gasteiger partial charge in [-0.05, 0) is 64.0 Å². The molecule has 0 atom stereocenters. The van der Waals surface area contributed by atoms with Crippen molar-refractivity contribution >= 4 is 72.3 Å². The van der Waals surface area contributed by atoms with Gasteiger partial charge in [-0.25, -0.2) is 0 Å². The highest BCUT2D eigenvalue weighted by atomic mass is 79.9. The Hall–Kier alpha value is -1.41. The Balaban J connectivity index is 1.67. The lowest BCUT2D eigenvalue weighted by Crippen LogP contribution is -2.19. The highest BCUT2D eigenvalue weighted by Crippen LogP contribution is 2.23. The summed E-state index contributed by atoms with van der Waals surface area (Å²) in [7, 11) is 0. The molecule has 1 heterocycles. The molecule has 0 bridgehead atoms. The van der Waals surface area contributed by atoms with Gasteiger partial charge in [0, 0.05) is 21.4 Å². The summed E-state index contributed by atoms with van der Waals surface area (Å²) in [6.07, 6.45) is 1.88. The first-order chi connectivity index (χ1) is 12.0. The number of hydrogen-bond donors (Lipinski definition) is 2. The van der Waals surface area contributed by atoms with Crippen LogP contribution < -0.4 is 10.6 Å². The zero-order valence-corrected chi connectivity index (χ0v) is 17.6. The summed E-state index contributed by atoms with van der Waals surface area (Å²) in [4.78, 5) is 0. The highest BCUT2D eigenvalue weighted by Gasteiger charge is 2.10. The van der Waals surface area contributed by atoms with Crippen LogP contribution in [-0.4, -0.2) is 14.9 Å². The van der Waals surface area contributed by atoms with Crippen molar-refractivity contribution in [3.8, 4) is 0 Å². The number of aromatic nitrogens is 2. The van der Waals surface area contributed by atoms with Gasteiger partial charge < -0.3 is 10.6 Å². The molecule has 0 spiro atoms. The smallest absolute Gasteiger partial charge is 0.176 e. The largest absolute Gasteiger partial charge is 0.332 e. The summed E-state index contributed by atoms with van der Waals surface area (Å²) in [6, 6.07) is 15.5. The van der Waals surface area contributed by atoms with E-state index in [-0.39, 0.29) is 0 Å². The monoisotopic (exact) mass is 498 g/mol. The van der Waals surface area contributed by atoms with Crippen molar-refractivity contribution in [3.63, 3.8) is 0 Å². The van der Waals surface area contributed by atoms with Crippen LogP contribution in [0.2, 0.25) is 5.02 Å². The number of nitrogens with zero attached hydrogens (tertiary/aromatic N) is 2. The average Bonchev–Trinajstić information content (AvgIpc) is 2.91. The summed E-state index contributed by atoms with van der Waals surface area (Å²) in [5.41, 5.74) is 1.90. The average molecular weight is 501 g/mol. The van der Waals surface area contributed by atoms with Crippen molar-refractivity contribution in [2.24, 2.45) is 0 Å². The second-order valence-corrected chi connectivity index (χ2v) is 7.79. The Morgan fingerprint density at radius 3 is 2.52 bits per heavy atom. The Morgan fingerprint density at radius 2 is 1.80 bits per heavy atom. The maximum atomic E-state index is 6.20. The molecule has 128 valence electrons. The fourth-order valence-electron chi connectivity index (χ4n) is 2.17. The Bertz CT molecular complexity index is 896. The van der Waals surface area contributed by atoms with Crippen molar-refractivity contribution in [2.75, 3.05) is 10.6 Å². The maximum absolute atomic E-state index is 6.20. The van der Waals surface area contributed by atoms with E-state index >= 15 is 0 Å². The van der Waals surface area contributed by atoms with Crippen molar-refractivity contribution in [2.45, 2.75) is 6.54 Å². The first-order valence-corrected chi connectivity index (χ1v) is 9.68. The number of thiocarbonyl (C=S) groups is 1. The Kier molecular flexibility index (Phi) is 6.11. The van der Waals surface area contributed by atoms with Crippen LogP contribution in [0.15, 0.2) is 63.7 Å². The molecule has 3 aromatic rings. The SMILES string of the molecule is S=C(Nc1ccc(Br)cc1)Nc1nn(Cc2ccccc2Cl)cc1Br. The topological polar surface area (TPSA) is 41.9 Å². The van der Waals surface area contributed by atoms with Gasteiger partial charge >= 0.3 is 0 Å². The van der Waals surface area contributed by atoms with Gasteiger partial charge in [-0.1, -0.05) is 45.7 Å². The summed E-state index contributed by atoms with van der Waals surface area (Å²) in [5.74, 6) is 0.640. The maximum Gasteiger partial charge on any atom is 0.176 e. The van der Waals surface area contributed by atoms with E-state index in [1.807, 2.05) is 54.7 Å². The van der Waals surface area contributed by atoms with Gasteiger partial charge in [0.15, 0.2) is 10.9 Å². The van der Waals surface area contributed by atoms with Gasteiger partial charge in [0.05, 0.1) is 11.0 Å². The van der Waals surface area contributed by atoms with Gasteiger partial charge in [-0.15, -0.1) is 0 Å². The van der Waals surface area contributed by atoms with E-state index in [1.54, 1.807) is 4.68 Å². The predicted molar refractivity (Wildman–Crippen MR) is 114 cm³/mol. The van der Waals surface area contributed by atoms with Crippen molar-refractivity contribution in [1.82, 2.24) is 9.78 Å². The summed E-state index contributed by atoms with van der Waals surface area (Å²) in [6.45, 7) is 0.576. The second-order valence-electron chi connectivity index (χ2n) is 5.20. The van der Waals surface area contributed by atoms with Gasteiger partial charge in [-0.2, -0.15) is 5.10 Å². The molecule has 0 fully saturated rings. The van der Waals surface area contributed by atoms with Gasteiger partial charge in [0.25, 0.3) is 0 Å². The lowest BCUT2D eigenvalue weighted by atomic mass is 10.2. The molecule has 0 radical (unpaired) electrons. The third-order valence-corrected chi connectivity index (χ3v) is 5.02. The van der Waals surface area contributed by atoms with E-state index < -0.39 is 0 Å². The van der Waals surface area contributed by atoms with Gasteiger partial charge in [-0.3, -0.25) is 4.68 Å². The Labute approximate surface area is 172 Å². The molecule has 0 unspecified atom stereocenters.